The van der Waals surface area contributed by atoms with Gasteiger partial charge in [-0.05, 0) is 30.3 Å². The topological polar surface area (TPSA) is 56.8 Å². The third kappa shape index (κ3) is 3.01. The molecule has 0 saturated carbocycles. The fraction of sp³-hybridized carbons (Fsp3) is 0.188. The number of nitrogens with one attached hydrogen (secondary N) is 1. The van der Waals surface area contributed by atoms with Crippen LogP contribution < -0.4 is 19.5 Å². The zero-order valence-electron chi connectivity index (χ0n) is 11.9. The van der Waals surface area contributed by atoms with E-state index in [1.165, 1.54) is 7.11 Å². The molecule has 1 aliphatic rings. The summed E-state index contributed by atoms with van der Waals surface area (Å²) in [6.45, 7) is 1.04. The molecule has 1 aliphatic heterocycles. The third-order valence-electron chi connectivity index (χ3n) is 3.21. The van der Waals surface area contributed by atoms with Crippen molar-refractivity contribution in [2.75, 3.05) is 25.6 Å². The van der Waals surface area contributed by atoms with Gasteiger partial charge in [-0.15, -0.1) is 0 Å². The van der Waals surface area contributed by atoms with Crippen LogP contribution >= 0.6 is 15.9 Å². The molecule has 6 heteroatoms. The number of halogens is 1. The van der Waals surface area contributed by atoms with Gasteiger partial charge in [-0.1, -0.05) is 15.9 Å². The number of carbonyl (C=O) groups excluding carboxylic acids is 1. The summed E-state index contributed by atoms with van der Waals surface area (Å²) < 4.78 is 17.0. The lowest BCUT2D eigenvalue weighted by atomic mass is 10.1. The van der Waals surface area contributed by atoms with Crippen LogP contribution in [0, 0.1) is 0 Å². The Hall–Kier alpha value is -2.21. The molecule has 0 bridgehead atoms. The molecule has 1 heterocycles. The fourth-order valence-electron chi connectivity index (χ4n) is 2.18. The minimum absolute atomic E-state index is 0.255. The predicted molar refractivity (Wildman–Crippen MR) is 86.1 cm³/mol. The van der Waals surface area contributed by atoms with Crippen LogP contribution in [0.1, 0.15) is 10.4 Å². The minimum Gasteiger partial charge on any atom is -0.496 e. The Kier molecular flexibility index (Phi) is 4.20. The van der Waals surface area contributed by atoms with E-state index in [0.717, 1.165) is 4.47 Å². The maximum atomic E-state index is 12.4. The monoisotopic (exact) mass is 363 g/mol. The first kappa shape index (κ1) is 14.7. The van der Waals surface area contributed by atoms with Gasteiger partial charge in [0.15, 0.2) is 11.5 Å². The lowest BCUT2D eigenvalue weighted by molar-refractivity contribution is 0.102. The van der Waals surface area contributed by atoms with E-state index < -0.39 is 0 Å². The molecule has 0 saturated heterocycles. The highest BCUT2D eigenvalue weighted by molar-refractivity contribution is 9.10. The summed E-state index contributed by atoms with van der Waals surface area (Å²) >= 11 is 3.36. The van der Waals surface area contributed by atoms with E-state index in [9.17, 15) is 4.79 Å². The van der Waals surface area contributed by atoms with E-state index in [4.69, 9.17) is 14.2 Å². The molecule has 3 rings (SSSR count). The van der Waals surface area contributed by atoms with E-state index in [0.29, 0.717) is 41.7 Å². The lowest BCUT2D eigenvalue weighted by Crippen LogP contribution is -2.16. The standard InChI is InChI=1S/C16H14BrNO4/c1-20-13-4-2-10(17)8-12(13)16(19)18-11-3-5-14-15(9-11)22-7-6-21-14/h2-5,8-9H,6-7H2,1H3,(H,18,19). The number of rotatable bonds is 3. The van der Waals surface area contributed by atoms with Gasteiger partial charge in [0.05, 0.1) is 12.7 Å². The Morgan fingerprint density at radius 3 is 2.68 bits per heavy atom. The molecule has 5 nitrogen and oxygen atoms in total. The Morgan fingerprint density at radius 2 is 1.91 bits per heavy atom. The quantitative estimate of drug-likeness (QED) is 0.906. The molecule has 22 heavy (non-hydrogen) atoms. The summed E-state index contributed by atoms with van der Waals surface area (Å²) in [5.41, 5.74) is 1.09. The molecule has 0 aliphatic carbocycles. The van der Waals surface area contributed by atoms with Gasteiger partial charge in [0.1, 0.15) is 19.0 Å². The third-order valence-corrected chi connectivity index (χ3v) is 3.70. The predicted octanol–water partition coefficient (Wildman–Crippen LogP) is 3.48. The van der Waals surface area contributed by atoms with Gasteiger partial charge >= 0.3 is 0 Å². The van der Waals surface area contributed by atoms with Crippen LogP contribution in [0.15, 0.2) is 40.9 Å². The summed E-state index contributed by atoms with van der Waals surface area (Å²) in [6, 6.07) is 10.6. The van der Waals surface area contributed by atoms with Gasteiger partial charge < -0.3 is 19.5 Å². The van der Waals surface area contributed by atoms with Crippen LogP contribution in [-0.4, -0.2) is 26.2 Å². The van der Waals surface area contributed by atoms with Crippen LogP contribution in [0.5, 0.6) is 17.2 Å². The van der Waals surface area contributed by atoms with E-state index in [2.05, 4.69) is 21.2 Å². The first-order chi connectivity index (χ1) is 10.7. The van der Waals surface area contributed by atoms with Crippen molar-refractivity contribution in [1.29, 1.82) is 0 Å². The van der Waals surface area contributed by atoms with Crippen molar-refractivity contribution in [3.63, 3.8) is 0 Å². The zero-order valence-corrected chi connectivity index (χ0v) is 13.5. The van der Waals surface area contributed by atoms with E-state index in [-0.39, 0.29) is 5.91 Å². The molecule has 1 N–H and O–H groups in total. The van der Waals surface area contributed by atoms with Crippen LogP contribution in [0.4, 0.5) is 5.69 Å². The van der Waals surface area contributed by atoms with Gasteiger partial charge in [-0.3, -0.25) is 4.79 Å². The number of fused-ring (bicyclic) bond motifs is 1. The molecule has 0 aromatic heterocycles. The fourth-order valence-corrected chi connectivity index (χ4v) is 2.54. The summed E-state index contributed by atoms with van der Waals surface area (Å²) in [4.78, 5) is 12.4. The highest BCUT2D eigenvalue weighted by Crippen LogP contribution is 2.33. The largest absolute Gasteiger partial charge is 0.496 e. The normalized spacial score (nSPS) is 12.6. The summed E-state index contributed by atoms with van der Waals surface area (Å²) in [7, 11) is 1.53. The van der Waals surface area contributed by atoms with Crippen molar-refractivity contribution in [2.24, 2.45) is 0 Å². The van der Waals surface area contributed by atoms with Crippen LogP contribution in [0.2, 0.25) is 0 Å². The smallest absolute Gasteiger partial charge is 0.259 e. The number of carbonyl (C=O) groups is 1. The zero-order chi connectivity index (χ0) is 15.5. The molecule has 0 spiro atoms. The maximum Gasteiger partial charge on any atom is 0.259 e. The molecule has 0 atom stereocenters. The van der Waals surface area contributed by atoms with Gasteiger partial charge in [-0.25, -0.2) is 0 Å². The van der Waals surface area contributed by atoms with Crippen LogP contribution in [-0.2, 0) is 0 Å². The van der Waals surface area contributed by atoms with Crippen LogP contribution in [0.3, 0.4) is 0 Å². The van der Waals surface area contributed by atoms with E-state index in [1.807, 2.05) is 6.07 Å². The second-order valence-corrected chi connectivity index (χ2v) is 5.57. The Balaban J connectivity index is 1.84. The number of hydrogen-bond acceptors (Lipinski definition) is 4. The average molecular weight is 364 g/mol. The highest BCUT2D eigenvalue weighted by Gasteiger charge is 2.16. The van der Waals surface area contributed by atoms with Crippen molar-refractivity contribution < 1.29 is 19.0 Å². The Morgan fingerprint density at radius 1 is 1.14 bits per heavy atom. The lowest BCUT2D eigenvalue weighted by Gasteiger charge is -2.19. The molecule has 0 unspecified atom stereocenters. The maximum absolute atomic E-state index is 12.4. The molecule has 2 aromatic rings. The Bertz CT molecular complexity index is 717. The van der Waals surface area contributed by atoms with Crippen molar-refractivity contribution in [3.05, 3.63) is 46.4 Å². The molecule has 2 aromatic carbocycles. The first-order valence-electron chi connectivity index (χ1n) is 6.72. The van der Waals surface area contributed by atoms with E-state index >= 15 is 0 Å². The molecule has 0 fully saturated rings. The van der Waals surface area contributed by atoms with Gasteiger partial charge in [0, 0.05) is 16.2 Å². The van der Waals surface area contributed by atoms with Crippen LogP contribution in [0.25, 0.3) is 0 Å². The molecular weight excluding hydrogens is 350 g/mol. The van der Waals surface area contributed by atoms with Crippen molar-refractivity contribution >= 4 is 27.5 Å². The minimum atomic E-state index is -0.255. The number of methoxy groups -OCH3 is 1. The second-order valence-electron chi connectivity index (χ2n) is 4.66. The van der Waals surface area contributed by atoms with Crippen molar-refractivity contribution in [3.8, 4) is 17.2 Å². The number of ether oxygens (including phenoxy) is 3. The molecular formula is C16H14BrNO4. The van der Waals surface area contributed by atoms with Crippen molar-refractivity contribution in [2.45, 2.75) is 0 Å². The van der Waals surface area contributed by atoms with Crippen molar-refractivity contribution in [1.82, 2.24) is 0 Å². The van der Waals surface area contributed by atoms with E-state index in [1.54, 1.807) is 30.3 Å². The number of hydrogen-bond donors (Lipinski definition) is 1. The molecule has 1 amide bonds. The summed E-state index contributed by atoms with van der Waals surface area (Å²) in [5.74, 6) is 1.57. The first-order valence-corrected chi connectivity index (χ1v) is 7.51. The highest BCUT2D eigenvalue weighted by atomic mass is 79.9. The van der Waals surface area contributed by atoms with Gasteiger partial charge in [0.25, 0.3) is 5.91 Å². The Labute approximate surface area is 136 Å². The number of benzene rings is 2. The van der Waals surface area contributed by atoms with Gasteiger partial charge in [0.2, 0.25) is 0 Å². The average Bonchev–Trinajstić information content (AvgIpc) is 2.54. The van der Waals surface area contributed by atoms with Gasteiger partial charge in [-0.2, -0.15) is 0 Å². The summed E-state index contributed by atoms with van der Waals surface area (Å²) in [6.07, 6.45) is 0. The second kappa shape index (κ2) is 6.27. The summed E-state index contributed by atoms with van der Waals surface area (Å²) in [5, 5.41) is 2.83. The number of anilines is 1. The number of amides is 1. The SMILES string of the molecule is COc1ccc(Br)cc1C(=O)Nc1ccc2c(c1)OCCO2. The molecule has 0 radical (unpaired) electrons. The molecule has 114 valence electrons.